The predicted molar refractivity (Wildman–Crippen MR) is 99.9 cm³/mol. The van der Waals surface area contributed by atoms with Crippen molar-refractivity contribution in [3.63, 3.8) is 0 Å². The molecule has 0 atom stereocenters. The van der Waals surface area contributed by atoms with Crippen LogP contribution in [0.4, 0.5) is 0 Å². The first-order valence-electron chi connectivity index (χ1n) is 8.26. The number of hydrogen-bond acceptors (Lipinski definition) is 6. The Labute approximate surface area is 161 Å². The highest BCUT2D eigenvalue weighted by Crippen LogP contribution is 2.28. The molecule has 0 spiro atoms. The molecule has 3 rings (SSSR count). The first-order chi connectivity index (χ1) is 13.2. The monoisotopic (exact) mass is 387 g/mol. The van der Waals surface area contributed by atoms with Gasteiger partial charge in [-0.3, -0.25) is 4.79 Å². The van der Waals surface area contributed by atoms with E-state index in [0.29, 0.717) is 41.3 Å². The van der Waals surface area contributed by atoms with E-state index in [4.69, 9.17) is 25.5 Å². The fourth-order valence-electron chi connectivity index (χ4n) is 2.32. The van der Waals surface area contributed by atoms with E-state index >= 15 is 0 Å². The van der Waals surface area contributed by atoms with Gasteiger partial charge in [-0.05, 0) is 36.4 Å². The Hall–Kier alpha value is -3.06. The van der Waals surface area contributed by atoms with Gasteiger partial charge in [0.25, 0.3) is 11.8 Å². The van der Waals surface area contributed by atoms with Gasteiger partial charge in [0, 0.05) is 18.0 Å². The van der Waals surface area contributed by atoms with E-state index in [2.05, 4.69) is 15.5 Å². The van der Waals surface area contributed by atoms with E-state index in [1.54, 1.807) is 31.4 Å². The van der Waals surface area contributed by atoms with Crippen LogP contribution in [0.2, 0.25) is 5.02 Å². The zero-order valence-corrected chi connectivity index (χ0v) is 15.4. The minimum absolute atomic E-state index is 0.0854. The number of benzene rings is 2. The molecule has 0 bridgehead atoms. The van der Waals surface area contributed by atoms with Crippen molar-refractivity contribution in [2.45, 2.75) is 6.42 Å². The molecular weight excluding hydrogens is 370 g/mol. The van der Waals surface area contributed by atoms with Crippen molar-refractivity contribution >= 4 is 17.5 Å². The van der Waals surface area contributed by atoms with Gasteiger partial charge in [0.1, 0.15) is 11.5 Å². The molecule has 0 unspecified atom stereocenters. The van der Waals surface area contributed by atoms with Crippen LogP contribution in [0.3, 0.4) is 0 Å². The quantitative estimate of drug-likeness (QED) is 0.639. The van der Waals surface area contributed by atoms with Crippen molar-refractivity contribution in [2.75, 3.05) is 20.3 Å². The van der Waals surface area contributed by atoms with Crippen molar-refractivity contribution in [3.05, 3.63) is 59.4 Å². The van der Waals surface area contributed by atoms with Crippen molar-refractivity contribution in [2.24, 2.45) is 0 Å². The van der Waals surface area contributed by atoms with Crippen LogP contribution < -0.4 is 14.8 Å². The third kappa shape index (κ3) is 5.21. The largest absolute Gasteiger partial charge is 0.496 e. The highest BCUT2D eigenvalue weighted by atomic mass is 35.5. The summed E-state index contributed by atoms with van der Waals surface area (Å²) in [4.78, 5) is 11.8. The van der Waals surface area contributed by atoms with E-state index < -0.39 is 0 Å². The molecule has 2 aromatic carbocycles. The number of carbonyl (C=O) groups is 1. The second-order valence-corrected chi connectivity index (χ2v) is 5.98. The number of amides is 1. The molecule has 3 aromatic rings. The third-order valence-electron chi connectivity index (χ3n) is 3.65. The topological polar surface area (TPSA) is 86.5 Å². The van der Waals surface area contributed by atoms with Gasteiger partial charge in [-0.25, -0.2) is 0 Å². The summed E-state index contributed by atoms with van der Waals surface area (Å²) < 4.78 is 16.3. The summed E-state index contributed by atoms with van der Waals surface area (Å²) in [7, 11) is 1.58. The number of rotatable bonds is 8. The van der Waals surface area contributed by atoms with Crippen LogP contribution in [0.15, 0.2) is 52.9 Å². The number of para-hydroxylation sites is 1. The summed E-state index contributed by atoms with van der Waals surface area (Å²) in [5, 5.41) is 11.4. The summed E-state index contributed by atoms with van der Waals surface area (Å²) in [5.74, 6) is 1.79. The number of nitrogens with one attached hydrogen (secondary N) is 1. The number of hydrogen-bond donors (Lipinski definition) is 1. The molecule has 0 saturated heterocycles. The summed E-state index contributed by atoms with van der Waals surface area (Å²) in [6, 6.07) is 14.2. The van der Waals surface area contributed by atoms with Gasteiger partial charge in [-0.15, -0.1) is 10.2 Å². The molecule has 0 aliphatic heterocycles. The molecule has 1 amide bonds. The lowest BCUT2D eigenvalue weighted by atomic mass is 10.2. The fourth-order valence-corrected chi connectivity index (χ4v) is 2.45. The van der Waals surface area contributed by atoms with Crippen molar-refractivity contribution < 1.29 is 18.7 Å². The molecule has 140 valence electrons. The Morgan fingerprint density at radius 1 is 1.15 bits per heavy atom. The van der Waals surface area contributed by atoms with Crippen LogP contribution in [-0.4, -0.2) is 36.4 Å². The Balaban J connectivity index is 1.46. The molecule has 1 heterocycles. The highest BCUT2D eigenvalue weighted by molar-refractivity contribution is 6.30. The molecule has 1 N–H and O–H groups in total. The number of ether oxygens (including phenoxy) is 2. The normalized spacial score (nSPS) is 10.4. The van der Waals surface area contributed by atoms with Gasteiger partial charge < -0.3 is 19.2 Å². The zero-order valence-electron chi connectivity index (χ0n) is 14.6. The molecule has 0 aliphatic carbocycles. The SMILES string of the molecule is COc1ccccc1-c1nnc(CCNC(=O)COc2ccc(Cl)cc2)o1. The number of nitrogens with zero attached hydrogens (tertiary/aromatic N) is 2. The van der Waals surface area contributed by atoms with Gasteiger partial charge in [0.2, 0.25) is 5.89 Å². The van der Waals surface area contributed by atoms with Crippen LogP contribution in [0, 0.1) is 0 Å². The van der Waals surface area contributed by atoms with Gasteiger partial charge in [-0.2, -0.15) is 0 Å². The Bertz CT molecular complexity index is 896. The van der Waals surface area contributed by atoms with Crippen LogP contribution in [0.5, 0.6) is 11.5 Å². The molecule has 8 heteroatoms. The maximum atomic E-state index is 11.8. The number of methoxy groups -OCH3 is 1. The smallest absolute Gasteiger partial charge is 0.257 e. The average Bonchev–Trinajstić information content (AvgIpc) is 3.16. The van der Waals surface area contributed by atoms with Gasteiger partial charge in [0.05, 0.1) is 12.7 Å². The van der Waals surface area contributed by atoms with Crippen LogP contribution >= 0.6 is 11.6 Å². The highest BCUT2D eigenvalue weighted by Gasteiger charge is 2.13. The second kappa shape index (κ2) is 9.05. The summed E-state index contributed by atoms with van der Waals surface area (Å²) in [6.45, 7) is 0.272. The van der Waals surface area contributed by atoms with Crippen LogP contribution in [0.1, 0.15) is 5.89 Å². The minimum Gasteiger partial charge on any atom is -0.496 e. The Morgan fingerprint density at radius 3 is 2.70 bits per heavy atom. The first kappa shape index (κ1) is 18.7. The maximum absolute atomic E-state index is 11.8. The third-order valence-corrected chi connectivity index (χ3v) is 3.90. The lowest BCUT2D eigenvalue weighted by Crippen LogP contribution is -2.30. The molecule has 0 radical (unpaired) electrons. The molecule has 0 aliphatic rings. The zero-order chi connectivity index (χ0) is 19.1. The molecule has 27 heavy (non-hydrogen) atoms. The van der Waals surface area contributed by atoms with Crippen molar-refractivity contribution in [3.8, 4) is 23.0 Å². The molecular formula is C19H18ClN3O4. The molecule has 0 saturated carbocycles. The van der Waals surface area contributed by atoms with E-state index in [-0.39, 0.29) is 12.5 Å². The lowest BCUT2D eigenvalue weighted by Gasteiger charge is -2.06. The van der Waals surface area contributed by atoms with Gasteiger partial charge >= 0.3 is 0 Å². The standard InChI is InChI=1S/C19H18ClN3O4/c1-25-16-5-3-2-4-15(16)19-23-22-18(27-19)10-11-21-17(24)12-26-14-8-6-13(20)7-9-14/h2-9H,10-12H2,1H3,(H,21,24). The first-order valence-corrected chi connectivity index (χ1v) is 8.64. The minimum atomic E-state index is -0.241. The lowest BCUT2D eigenvalue weighted by molar-refractivity contribution is -0.123. The predicted octanol–water partition coefficient (Wildman–Crippen LogP) is 3.14. The van der Waals surface area contributed by atoms with E-state index in [1.807, 2.05) is 24.3 Å². The Kier molecular flexibility index (Phi) is 6.27. The Morgan fingerprint density at radius 2 is 1.93 bits per heavy atom. The number of aromatic nitrogens is 2. The average molecular weight is 388 g/mol. The summed E-state index contributed by atoms with van der Waals surface area (Å²) in [6.07, 6.45) is 0.412. The van der Waals surface area contributed by atoms with E-state index in [0.717, 1.165) is 5.56 Å². The molecule has 1 aromatic heterocycles. The van der Waals surface area contributed by atoms with Gasteiger partial charge in [-0.1, -0.05) is 23.7 Å². The van der Waals surface area contributed by atoms with Gasteiger partial charge in [0.15, 0.2) is 6.61 Å². The summed E-state index contributed by atoms with van der Waals surface area (Å²) >= 11 is 5.80. The maximum Gasteiger partial charge on any atom is 0.257 e. The second-order valence-electron chi connectivity index (χ2n) is 5.54. The van der Waals surface area contributed by atoms with Crippen LogP contribution in [-0.2, 0) is 11.2 Å². The van der Waals surface area contributed by atoms with Crippen molar-refractivity contribution in [1.82, 2.24) is 15.5 Å². The van der Waals surface area contributed by atoms with E-state index in [1.165, 1.54) is 0 Å². The molecule has 0 fully saturated rings. The summed E-state index contributed by atoms with van der Waals surface area (Å²) in [5.41, 5.74) is 0.721. The fraction of sp³-hybridized carbons (Fsp3) is 0.211. The van der Waals surface area contributed by atoms with Crippen LogP contribution in [0.25, 0.3) is 11.5 Å². The molecule has 7 nitrogen and oxygen atoms in total. The van der Waals surface area contributed by atoms with E-state index in [9.17, 15) is 4.79 Å². The number of carbonyl (C=O) groups excluding carboxylic acids is 1. The number of halogens is 1. The van der Waals surface area contributed by atoms with Crippen molar-refractivity contribution in [1.29, 1.82) is 0 Å².